The lowest BCUT2D eigenvalue weighted by Gasteiger charge is -2.31. The molecule has 0 spiro atoms. The number of ether oxygens (including phenoxy) is 1. The summed E-state index contributed by atoms with van der Waals surface area (Å²) < 4.78 is 24.4. The summed E-state index contributed by atoms with van der Waals surface area (Å²) in [5.74, 6) is -0.325. The van der Waals surface area contributed by atoms with Crippen LogP contribution in [0.25, 0.3) is 10.2 Å². The van der Waals surface area contributed by atoms with E-state index in [2.05, 4.69) is 21.5 Å². The summed E-state index contributed by atoms with van der Waals surface area (Å²) in [5.41, 5.74) is 1.15. The van der Waals surface area contributed by atoms with Crippen LogP contribution in [0.15, 0.2) is 18.2 Å². The highest BCUT2D eigenvalue weighted by atomic mass is 32.1. The van der Waals surface area contributed by atoms with Gasteiger partial charge in [-0.2, -0.15) is 4.98 Å². The van der Waals surface area contributed by atoms with Gasteiger partial charge in [-0.25, -0.2) is 4.39 Å². The molecule has 0 unspecified atom stereocenters. The number of para-hydroxylation sites is 1. The summed E-state index contributed by atoms with van der Waals surface area (Å²) in [6, 6.07) is 4.91. The molecule has 0 atom stereocenters. The maximum absolute atomic E-state index is 13.8. The predicted molar refractivity (Wildman–Crippen MR) is 103 cm³/mol. The fourth-order valence-corrected chi connectivity index (χ4v) is 4.75. The van der Waals surface area contributed by atoms with Crippen LogP contribution in [0.2, 0.25) is 0 Å². The number of hydrogen-bond acceptors (Lipinski definition) is 7. The summed E-state index contributed by atoms with van der Waals surface area (Å²) in [7, 11) is 0. The van der Waals surface area contributed by atoms with Gasteiger partial charge in [0.1, 0.15) is 22.3 Å². The molecule has 3 aromatic rings. The van der Waals surface area contributed by atoms with Crippen LogP contribution in [0.3, 0.4) is 0 Å². The number of benzene rings is 1. The highest BCUT2D eigenvalue weighted by Crippen LogP contribution is 2.31. The van der Waals surface area contributed by atoms with Crippen molar-refractivity contribution in [3.63, 3.8) is 0 Å². The Morgan fingerprint density at radius 2 is 2.19 bits per heavy atom. The lowest BCUT2D eigenvalue weighted by Crippen LogP contribution is -2.41. The Morgan fingerprint density at radius 1 is 1.37 bits per heavy atom. The fraction of sp³-hybridized carbons (Fsp3) is 0.444. The number of piperidine rings is 1. The van der Waals surface area contributed by atoms with Crippen LogP contribution < -0.4 is 4.74 Å². The monoisotopic (exact) mass is 406 g/mol. The normalized spacial score (nSPS) is 15.4. The number of aryl methyl sites for hydroxylation is 1. The van der Waals surface area contributed by atoms with Crippen LogP contribution in [0.1, 0.15) is 41.6 Å². The van der Waals surface area contributed by atoms with Gasteiger partial charge < -0.3 is 9.64 Å². The molecule has 1 aromatic carbocycles. The van der Waals surface area contributed by atoms with Crippen molar-refractivity contribution in [2.24, 2.45) is 0 Å². The van der Waals surface area contributed by atoms with Gasteiger partial charge in [-0.3, -0.25) is 4.79 Å². The van der Waals surface area contributed by atoms with Crippen molar-refractivity contribution in [1.29, 1.82) is 0 Å². The second-order valence-electron chi connectivity index (χ2n) is 6.47. The number of rotatable bonds is 5. The Kier molecular flexibility index (Phi) is 5.31. The van der Waals surface area contributed by atoms with Gasteiger partial charge in [-0.05, 0) is 30.1 Å². The van der Waals surface area contributed by atoms with Crippen molar-refractivity contribution in [2.45, 2.75) is 38.7 Å². The van der Waals surface area contributed by atoms with Gasteiger partial charge >= 0.3 is 0 Å². The molecule has 0 saturated carbocycles. The number of carbonyl (C=O) groups excluding carboxylic acids is 1. The zero-order chi connectivity index (χ0) is 18.8. The molecule has 0 aliphatic carbocycles. The Hall–Kier alpha value is -2.13. The molecule has 4 rings (SSSR count). The third-order valence-corrected chi connectivity index (χ3v) is 6.25. The predicted octanol–water partition coefficient (Wildman–Crippen LogP) is 3.92. The number of amides is 1. The fourth-order valence-electron chi connectivity index (χ4n) is 3.18. The smallest absolute Gasteiger partial charge is 0.274 e. The molecule has 1 amide bonds. The number of fused-ring (bicyclic) bond motifs is 1. The summed E-state index contributed by atoms with van der Waals surface area (Å²) >= 11 is 2.52. The van der Waals surface area contributed by atoms with Crippen LogP contribution in [0, 0.1) is 5.82 Å². The molecule has 6 nitrogen and oxygen atoms in total. The Labute approximate surface area is 164 Å². The average Bonchev–Trinajstić information content (AvgIpc) is 3.29. The van der Waals surface area contributed by atoms with Gasteiger partial charge in [0.05, 0.1) is 10.4 Å². The van der Waals surface area contributed by atoms with E-state index in [0.717, 1.165) is 36.1 Å². The third-order valence-electron chi connectivity index (χ3n) is 4.58. The van der Waals surface area contributed by atoms with Crippen LogP contribution in [0.5, 0.6) is 5.19 Å². The van der Waals surface area contributed by atoms with Gasteiger partial charge in [0.25, 0.3) is 11.1 Å². The Balaban J connectivity index is 1.37. The molecule has 0 radical (unpaired) electrons. The lowest BCUT2D eigenvalue weighted by molar-refractivity contribution is 0.0598. The number of likely N-dealkylation sites (tertiary alicyclic amines) is 1. The molecule has 1 saturated heterocycles. The molecular weight excluding hydrogens is 387 g/mol. The van der Waals surface area contributed by atoms with Crippen molar-refractivity contribution in [3.05, 3.63) is 34.6 Å². The van der Waals surface area contributed by atoms with E-state index in [-0.39, 0.29) is 17.8 Å². The number of nitrogens with zero attached hydrogens (tertiary/aromatic N) is 4. The molecule has 27 heavy (non-hydrogen) atoms. The zero-order valence-corrected chi connectivity index (χ0v) is 16.5. The van der Waals surface area contributed by atoms with Crippen molar-refractivity contribution >= 4 is 39.0 Å². The Morgan fingerprint density at radius 3 is 2.93 bits per heavy atom. The highest BCUT2D eigenvalue weighted by molar-refractivity contribution is 7.20. The first-order valence-corrected chi connectivity index (χ1v) is 10.6. The molecular formula is C18H19FN4O2S2. The lowest BCUT2D eigenvalue weighted by atomic mass is 10.1. The SMILES string of the molecule is CCCc1nnsc1C(=O)N1CCC(Oc2nc3c(F)cccc3s2)CC1. The first-order chi connectivity index (χ1) is 13.2. The molecule has 3 heterocycles. The van der Waals surface area contributed by atoms with Crippen LogP contribution >= 0.6 is 22.9 Å². The van der Waals surface area contributed by atoms with E-state index in [1.807, 2.05) is 11.0 Å². The molecule has 0 N–H and O–H groups in total. The summed E-state index contributed by atoms with van der Waals surface area (Å²) in [6.07, 6.45) is 3.13. The largest absolute Gasteiger partial charge is 0.467 e. The number of aromatic nitrogens is 3. The number of carbonyl (C=O) groups is 1. The second-order valence-corrected chi connectivity index (χ2v) is 8.22. The highest BCUT2D eigenvalue weighted by Gasteiger charge is 2.28. The van der Waals surface area contributed by atoms with E-state index in [9.17, 15) is 9.18 Å². The summed E-state index contributed by atoms with van der Waals surface area (Å²) in [6.45, 7) is 3.29. The van der Waals surface area contributed by atoms with E-state index in [4.69, 9.17) is 4.74 Å². The van der Waals surface area contributed by atoms with Crippen molar-refractivity contribution in [2.75, 3.05) is 13.1 Å². The number of halogens is 1. The van der Waals surface area contributed by atoms with E-state index >= 15 is 0 Å². The van der Waals surface area contributed by atoms with Gasteiger partial charge in [-0.1, -0.05) is 35.2 Å². The number of hydrogen-bond donors (Lipinski definition) is 0. The van der Waals surface area contributed by atoms with Gasteiger partial charge in [0, 0.05) is 25.9 Å². The van der Waals surface area contributed by atoms with Crippen molar-refractivity contribution < 1.29 is 13.9 Å². The van der Waals surface area contributed by atoms with E-state index in [1.54, 1.807) is 6.07 Å². The summed E-state index contributed by atoms with van der Waals surface area (Å²) in [4.78, 5) is 19.5. The molecule has 2 aromatic heterocycles. The van der Waals surface area contributed by atoms with E-state index in [1.165, 1.54) is 28.9 Å². The standard InChI is InChI=1S/C18H19FN4O2S2/c1-2-4-13-16(27-22-21-13)17(24)23-9-7-11(8-10-23)25-18-20-15-12(19)5-3-6-14(15)26-18/h3,5-6,11H,2,4,7-10H2,1H3. The third kappa shape index (κ3) is 3.79. The van der Waals surface area contributed by atoms with Crippen molar-refractivity contribution in [1.82, 2.24) is 19.5 Å². The van der Waals surface area contributed by atoms with Crippen LogP contribution in [-0.4, -0.2) is 44.6 Å². The second kappa shape index (κ2) is 7.85. The van der Waals surface area contributed by atoms with E-state index in [0.29, 0.717) is 28.7 Å². The molecule has 1 aliphatic heterocycles. The van der Waals surface area contributed by atoms with Gasteiger partial charge in [0.15, 0.2) is 0 Å². The zero-order valence-electron chi connectivity index (χ0n) is 14.9. The minimum Gasteiger partial charge on any atom is -0.467 e. The minimum absolute atomic E-state index is 0.00829. The minimum atomic E-state index is -0.333. The van der Waals surface area contributed by atoms with Gasteiger partial charge in [-0.15, -0.1) is 5.10 Å². The van der Waals surface area contributed by atoms with Crippen molar-refractivity contribution in [3.8, 4) is 5.19 Å². The van der Waals surface area contributed by atoms with Gasteiger partial charge in [0.2, 0.25) is 0 Å². The Bertz CT molecular complexity index is 950. The first-order valence-electron chi connectivity index (χ1n) is 8.98. The first kappa shape index (κ1) is 18.2. The quantitative estimate of drug-likeness (QED) is 0.642. The van der Waals surface area contributed by atoms with E-state index < -0.39 is 0 Å². The molecule has 9 heteroatoms. The molecule has 0 bridgehead atoms. The summed E-state index contributed by atoms with van der Waals surface area (Å²) in [5, 5.41) is 4.56. The van der Waals surface area contributed by atoms with Crippen LogP contribution in [-0.2, 0) is 6.42 Å². The van der Waals surface area contributed by atoms with Crippen LogP contribution in [0.4, 0.5) is 4.39 Å². The topological polar surface area (TPSA) is 68.2 Å². The maximum atomic E-state index is 13.8. The molecule has 142 valence electrons. The molecule has 1 fully saturated rings. The maximum Gasteiger partial charge on any atom is 0.274 e. The average molecular weight is 407 g/mol. The number of thiazole rings is 1. The molecule has 1 aliphatic rings.